The fourth-order valence-electron chi connectivity index (χ4n) is 8.37. The zero-order chi connectivity index (χ0) is 19.6. The number of aliphatic hydroxyl groups is 1. The highest BCUT2D eigenvalue weighted by molar-refractivity contribution is 5.27. The van der Waals surface area contributed by atoms with Gasteiger partial charge in [0.2, 0.25) is 0 Å². The average Bonchev–Trinajstić information content (AvgIpc) is 3.23. The van der Waals surface area contributed by atoms with Crippen molar-refractivity contribution in [3.8, 4) is 0 Å². The van der Waals surface area contributed by atoms with Gasteiger partial charge in [0.1, 0.15) is 0 Å². The Morgan fingerprint density at radius 3 is 2.68 bits per heavy atom. The van der Waals surface area contributed by atoms with Crippen molar-refractivity contribution in [3.63, 3.8) is 0 Å². The number of unbranched alkanes of at least 4 members (excludes halogenated alkanes) is 1. The molecule has 5 aliphatic rings. The van der Waals surface area contributed by atoms with Crippen molar-refractivity contribution in [2.24, 2.45) is 34.5 Å². The third kappa shape index (κ3) is 2.72. The molecule has 158 valence electrons. The largest absolute Gasteiger partial charge is 0.393 e. The summed E-state index contributed by atoms with van der Waals surface area (Å²) in [5.41, 5.74) is 2.08. The van der Waals surface area contributed by atoms with Gasteiger partial charge >= 0.3 is 0 Å². The van der Waals surface area contributed by atoms with Crippen molar-refractivity contribution in [1.82, 2.24) is 0 Å². The first-order valence-corrected chi connectivity index (χ1v) is 12.1. The summed E-state index contributed by atoms with van der Waals surface area (Å²) in [5, 5.41) is 11.0. The van der Waals surface area contributed by atoms with Gasteiger partial charge in [-0.25, -0.2) is 0 Å². The van der Waals surface area contributed by atoms with Crippen molar-refractivity contribution in [1.29, 1.82) is 0 Å². The molecule has 3 heteroatoms. The molecule has 1 N–H and O–H groups in total. The van der Waals surface area contributed by atoms with E-state index in [0.717, 1.165) is 50.2 Å². The summed E-state index contributed by atoms with van der Waals surface area (Å²) in [4.78, 5) is 0. The molecule has 0 radical (unpaired) electrons. The first-order valence-electron chi connectivity index (χ1n) is 12.1. The lowest BCUT2D eigenvalue weighted by molar-refractivity contribution is -0.186. The standard InChI is InChI=1S/C25H40O3/c1-4-5-6-17-15-21(26)24(3)10-9-20-19(22(17)24)8-7-18-16-25(27-13-14-28-25)12-11-23(18,20)2/h7,17,19-22,26H,4-6,8-16H2,1-3H3/t17?,19?,20?,21-,22?,23-,24+/m0/s1. The number of ether oxygens (including phenoxy) is 2. The Balaban J connectivity index is 1.44. The van der Waals surface area contributed by atoms with Crippen molar-refractivity contribution >= 4 is 0 Å². The molecule has 3 nitrogen and oxygen atoms in total. The van der Waals surface area contributed by atoms with E-state index in [9.17, 15) is 5.11 Å². The van der Waals surface area contributed by atoms with Crippen LogP contribution < -0.4 is 0 Å². The lowest BCUT2D eigenvalue weighted by atomic mass is 9.47. The van der Waals surface area contributed by atoms with Gasteiger partial charge in [-0.3, -0.25) is 0 Å². The predicted octanol–water partition coefficient (Wildman–Crippen LogP) is 5.47. The molecule has 1 aliphatic heterocycles. The highest BCUT2D eigenvalue weighted by Crippen LogP contribution is 2.67. The fraction of sp³-hybridized carbons (Fsp3) is 0.920. The highest BCUT2D eigenvalue weighted by Gasteiger charge is 2.62. The minimum absolute atomic E-state index is 0.0894. The minimum atomic E-state index is -0.311. The van der Waals surface area contributed by atoms with E-state index in [-0.39, 0.29) is 17.3 Å². The lowest BCUT2D eigenvalue weighted by Gasteiger charge is -2.59. The molecular formula is C25H40O3. The van der Waals surface area contributed by atoms with Gasteiger partial charge in [-0.05, 0) is 66.6 Å². The molecule has 0 bridgehead atoms. The second-order valence-electron chi connectivity index (χ2n) is 11.2. The number of allylic oxidation sites excluding steroid dienone is 1. The topological polar surface area (TPSA) is 38.7 Å². The van der Waals surface area contributed by atoms with Crippen LogP contribution >= 0.6 is 0 Å². The summed E-state index contributed by atoms with van der Waals surface area (Å²) in [6.07, 6.45) is 14.4. The Bertz CT molecular complexity index is 636. The van der Waals surface area contributed by atoms with Crippen LogP contribution in [-0.4, -0.2) is 30.2 Å². The van der Waals surface area contributed by atoms with Gasteiger partial charge < -0.3 is 14.6 Å². The van der Waals surface area contributed by atoms with E-state index < -0.39 is 0 Å². The summed E-state index contributed by atoms with van der Waals surface area (Å²) in [7, 11) is 0. The van der Waals surface area contributed by atoms with E-state index in [1.165, 1.54) is 44.9 Å². The molecule has 7 atom stereocenters. The second kappa shape index (κ2) is 6.82. The molecule has 5 rings (SSSR count). The zero-order valence-electron chi connectivity index (χ0n) is 18.2. The normalized spacial score (nSPS) is 49.4. The van der Waals surface area contributed by atoms with E-state index in [1.807, 2.05) is 0 Å². The van der Waals surface area contributed by atoms with Crippen molar-refractivity contribution in [3.05, 3.63) is 11.6 Å². The number of hydrogen-bond donors (Lipinski definition) is 1. The summed E-state index contributed by atoms with van der Waals surface area (Å²) in [6, 6.07) is 0. The summed E-state index contributed by atoms with van der Waals surface area (Å²) >= 11 is 0. The van der Waals surface area contributed by atoms with E-state index in [1.54, 1.807) is 5.57 Å². The van der Waals surface area contributed by atoms with Crippen LogP contribution in [0.2, 0.25) is 0 Å². The molecular weight excluding hydrogens is 348 g/mol. The Morgan fingerprint density at radius 2 is 1.93 bits per heavy atom. The predicted molar refractivity (Wildman–Crippen MR) is 111 cm³/mol. The van der Waals surface area contributed by atoms with Gasteiger partial charge in [-0.2, -0.15) is 0 Å². The number of rotatable bonds is 3. The van der Waals surface area contributed by atoms with Crippen LogP contribution in [0.3, 0.4) is 0 Å². The van der Waals surface area contributed by atoms with Gasteiger partial charge in [0.05, 0.1) is 19.3 Å². The highest BCUT2D eigenvalue weighted by atomic mass is 16.7. The van der Waals surface area contributed by atoms with Crippen molar-refractivity contribution in [2.75, 3.05) is 13.2 Å². The Hall–Kier alpha value is -0.380. The van der Waals surface area contributed by atoms with Crippen LogP contribution in [0.5, 0.6) is 0 Å². The van der Waals surface area contributed by atoms with Crippen LogP contribution in [-0.2, 0) is 9.47 Å². The molecule has 0 aromatic heterocycles. The minimum Gasteiger partial charge on any atom is -0.393 e. The average molecular weight is 389 g/mol. The van der Waals surface area contributed by atoms with Crippen molar-refractivity contribution in [2.45, 2.75) is 96.9 Å². The van der Waals surface area contributed by atoms with Crippen LogP contribution in [0.4, 0.5) is 0 Å². The number of hydrogen-bond acceptors (Lipinski definition) is 3. The maximum atomic E-state index is 11.0. The van der Waals surface area contributed by atoms with E-state index >= 15 is 0 Å². The first-order chi connectivity index (χ1) is 13.4. The zero-order valence-corrected chi connectivity index (χ0v) is 18.2. The summed E-state index contributed by atoms with van der Waals surface area (Å²) < 4.78 is 12.2. The lowest BCUT2D eigenvalue weighted by Crippen LogP contribution is -2.53. The van der Waals surface area contributed by atoms with Gasteiger partial charge in [0, 0.05) is 12.8 Å². The van der Waals surface area contributed by atoms with Gasteiger partial charge in [0.15, 0.2) is 5.79 Å². The van der Waals surface area contributed by atoms with Crippen LogP contribution in [0.1, 0.15) is 85.0 Å². The van der Waals surface area contributed by atoms with Gasteiger partial charge in [-0.15, -0.1) is 0 Å². The van der Waals surface area contributed by atoms with Crippen molar-refractivity contribution < 1.29 is 14.6 Å². The Morgan fingerprint density at radius 1 is 1.14 bits per heavy atom. The van der Waals surface area contributed by atoms with E-state index in [0.29, 0.717) is 11.3 Å². The molecule has 1 saturated heterocycles. The van der Waals surface area contributed by atoms with Crippen LogP contribution in [0.25, 0.3) is 0 Å². The SMILES string of the molecule is CCCCC1C[C@H](O)[C@@]2(C)CCC3C(CC=C4CC5(CC[C@@]43C)OCCO5)C12. The van der Waals surface area contributed by atoms with E-state index in [4.69, 9.17) is 9.47 Å². The molecule has 28 heavy (non-hydrogen) atoms. The first kappa shape index (κ1) is 19.6. The molecule has 0 aromatic rings. The second-order valence-corrected chi connectivity index (χ2v) is 11.2. The Labute approximate surface area is 171 Å². The molecule has 1 spiro atoms. The molecule has 3 saturated carbocycles. The quantitative estimate of drug-likeness (QED) is 0.652. The summed E-state index contributed by atoms with van der Waals surface area (Å²) in [6.45, 7) is 8.78. The molecule has 1 heterocycles. The maximum Gasteiger partial charge on any atom is 0.172 e. The van der Waals surface area contributed by atoms with Gasteiger partial charge in [0.25, 0.3) is 0 Å². The fourth-order valence-corrected chi connectivity index (χ4v) is 8.37. The monoisotopic (exact) mass is 388 g/mol. The molecule has 0 amide bonds. The molecule has 4 unspecified atom stereocenters. The van der Waals surface area contributed by atoms with E-state index in [2.05, 4.69) is 26.8 Å². The molecule has 0 aromatic carbocycles. The van der Waals surface area contributed by atoms with Gasteiger partial charge in [-0.1, -0.05) is 51.7 Å². The van der Waals surface area contributed by atoms with Crippen LogP contribution in [0, 0.1) is 34.5 Å². The number of aliphatic hydroxyl groups excluding tert-OH is 1. The number of fused-ring (bicyclic) bond motifs is 5. The third-order valence-electron chi connectivity index (χ3n) is 9.94. The Kier molecular flexibility index (Phi) is 4.77. The maximum absolute atomic E-state index is 11.0. The molecule has 4 aliphatic carbocycles. The molecule has 4 fully saturated rings. The smallest absolute Gasteiger partial charge is 0.172 e. The summed E-state index contributed by atoms with van der Waals surface area (Å²) in [5.74, 6) is 2.65. The third-order valence-corrected chi connectivity index (χ3v) is 9.94. The van der Waals surface area contributed by atoms with Crippen LogP contribution in [0.15, 0.2) is 11.6 Å².